The van der Waals surface area contributed by atoms with Crippen LogP contribution in [0.2, 0.25) is 0 Å². The molecule has 3 amide bonds. The monoisotopic (exact) mass is 320 g/mol. The molecule has 7 heteroatoms. The summed E-state index contributed by atoms with van der Waals surface area (Å²) in [5.41, 5.74) is 2.96. The van der Waals surface area contributed by atoms with Crippen LogP contribution >= 0.6 is 11.3 Å². The number of thiophene rings is 1. The van der Waals surface area contributed by atoms with E-state index >= 15 is 0 Å². The Labute approximate surface area is 131 Å². The maximum absolute atomic E-state index is 12.4. The molecule has 22 heavy (non-hydrogen) atoms. The molecule has 3 aliphatic rings. The maximum atomic E-state index is 12.4. The molecule has 3 fully saturated rings. The lowest BCUT2D eigenvalue weighted by atomic mass is 9.81. The van der Waals surface area contributed by atoms with E-state index in [-0.39, 0.29) is 24.0 Å². The van der Waals surface area contributed by atoms with Crippen LogP contribution in [-0.4, -0.2) is 34.9 Å². The van der Waals surface area contributed by atoms with Gasteiger partial charge in [-0.05, 0) is 25.3 Å². The van der Waals surface area contributed by atoms with E-state index in [9.17, 15) is 14.4 Å². The lowest BCUT2D eigenvalue weighted by molar-refractivity contribution is -0.145. The Morgan fingerprint density at radius 2 is 1.95 bits per heavy atom. The number of fused-ring (bicyclic) bond motifs is 5. The second-order valence-electron chi connectivity index (χ2n) is 5.95. The summed E-state index contributed by atoms with van der Waals surface area (Å²) in [4.78, 5) is 38.2. The predicted octanol–water partition coefficient (Wildman–Crippen LogP) is 1.12. The number of imide groups is 1. The summed E-state index contributed by atoms with van der Waals surface area (Å²) in [6.45, 7) is 2.01. The van der Waals surface area contributed by atoms with Gasteiger partial charge in [0.2, 0.25) is 0 Å². The Balaban J connectivity index is 1.52. The van der Waals surface area contributed by atoms with Gasteiger partial charge in [0.15, 0.2) is 0 Å². The molecule has 1 aromatic rings. The van der Waals surface area contributed by atoms with Crippen molar-refractivity contribution >= 4 is 29.1 Å². The second-order valence-corrected chi connectivity index (χ2v) is 6.95. The number of ether oxygens (including phenoxy) is 1. The molecule has 0 aliphatic carbocycles. The summed E-state index contributed by atoms with van der Waals surface area (Å²) >= 11 is 1.50. The average Bonchev–Trinajstić information content (AvgIpc) is 3.26. The Bertz CT molecular complexity index is 642. The SMILES string of the molecule is CCc1cc(C(=O)NN2C(=O)[C@H]3[C@H](C2=O)[C@H]2CC[C@H]3O2)cs1. The normalized spacial score (nSPS) is 32.7. The number of hydrogen-bond acceptors (Lipinski definition) is 5. The van der Waals surface area contributed by atoms with Crippen LogP contribution in [0.4, 0.5) is 0 Å². The average molecular weight is 320 g/mol. The molecule has 3 aliphatic heterocycles. The van der Waals surface area contributed by atoms with Gasteiger partial charge < -0.3 is 4.74 Å². The Morgan fingerprint density at radius 3 is 2.50 bits per heavy atom. The first-order valence-electron chi connectivity index (χ1n) is 7.51. The van der Waals surface area contributed by atoms with E-state index < -0.39 is 17.7 Å². The van der Waals surface area contributed by atoms with Crippen LogP contribution in [0, 0.1) is 11.8 Å². The van der Waals surface area contributed by atoms with Gasteiger partial charge in [0.1, 0.15) is 0 Å². The van der Waals surface area contributed by atoms with Gasteiger partial charge in [0.05, 0.1) is 29.6 Å². The van der Waals surface area contributed by atoms with Gasteiger partial charge in [0, 0.05) is 10.3 Å². The van der Waals surface area contributed by atoms with E-state index in [2.05, 4.69) is 5.43 Å². The Hall–Kier alpha value is -1.73. The number of rotatable bonds is 3. The minimum atomic E-state index is -0.416. The van der Waals surface area contributed by atoms with Crippen molar-refractivity contribution in [2.45, 2.75) is 38.4 Å². The molecule has 0 saturated carbocycles. The molecule has 116 valence electrons. The number of aryl methyl sites for hydroxylation is 1. The summed E-state index contributed by atoms with van der Waals surface area (Å²) in [7, 11) is 0. The third kappa shape index (κ3) is 1.85. The van der Waals surface area contributed by atoms with Crippen molar-refractivity contribution in [3.8, 4) is 0 Å². The third-order valence-corrected chi connectivity index (χ3v) is 5.84. The van der Waals surface area contributed by atoms with Crippen LogP contribution in [0.5, 0.6) is 0 Å². The maximum Gasteiger partial charge on any atom is 0.271 e. The topological polar surface area (TPSA) is 75.7 Å². The first-order chi connectivity index (χ1) is 10.6. The van der Waals surface area contributed by atoms with E-state index in [1.54, 1.807) is 11.4 Å². The van der Waals surface area contributed by atoms with Gasteiger partial charge in [-0.3, -0.25) is 19.8 Å². The zero-order valence-corrected chi connectivity index (χ0v) is 12.9. The van der Waals surface area contributed by atoms with Gasteiger partial charge in [0.25, 0.3) is 17.7 Å². The van der Waals surface area contributed by atoms with Crippen molar-refractivity contribution in [2.75, 3.05) is 0 Å². The van der Waals surface area contributed by atoms with Crippen molar-refractivity contribution in [2.24, 2.45) is 11.8 Å². The number of nitrogens with one attached hydrogen (secondary N) is 1. The quantitative estimate of drug-likeness (QED) is 0.847. The van der Waals surface area contributed by atoms with Crippen molar-refractivity contribution in [1.29, 1.82) is 0 Å². The molecular formula is C15H16N2O4S. The van der Waals surface area contributed by atoms with Crippen LogP contribution in [-0.2, 0) is 20.7 Å². The molecule has 0 aromatic carbocycles. The number of amides is 3. The number of carbonyl (C=O) groups excluding carboxylic acids is 3. The lowest BCUT2D eigenvalue weighted by Crippen LogP contribution is -2.47. The summed E-state index contributed by atoms with van der Waals surface area (Å²) in [5.74, 6) is -1.91. The van der Waals surface area contributed by atoms with Crippen LogP contribution in [0.1, 0.15) is 35.0 Å². The van der Waals surface area contributed by atoms with Gasteiger partial charge >= 0.3 is 0 Å². The molecule has 0 radical (unpaired) electrons. The van der Waals surface area contributed by atoms with Crippen LogP contribution in [0.25, 0.3) is 0 Å². The molecule has 1 aromatic heterocycles. The van der Waals surface area contributed by atoms with E-state index in [4.69, 9.17) is 4.74 Å². The van der Waals surface area contributed by atoms with Gasteiger partial charge in [-0.1, -0.05) is 6.92 Å². The summed E-state index contributed by atoms with van der Waals surface area (Å²) in [6.07, 6.45) is 2.15. The molecule has 4 atom stereocenters. The molecule has 6 nitrogen and oxygen atoms in total. The number of hydrazine groups is 1. The van der Waals surface area contributed by atoms with Crippen LogP contribution in [0.3, 0.4) is 0 Å². The Kier molecular flexibility index (Phi) is 3.09. The fourth-order valence-electron chi connectivity index (χ4n) is 3.67. The summed E-state index contributed by atoms with van der Waals surface area (Å²) < 4.78 is 5.66. The van der Waals surface area contributed by atoms with Crippen molar-refractivity contribution < 1.29 is 19.1 Å². The van der Waals surface area contributed by atoms with Crippen molar-refractivity contribution in [3.63, 3.8) is 0 Å². The zero-order chi connectivity index (χ0) is 15.4. The van der Waals surface area contributed by atoms with Crippen molar-refractivity contribution in [3.05, 3.63) is 21.9 Å². The first kappa shape index (κ1) is 13.9. The largest absolute Gasteiger partial charge is 0.373 e. The second kappa shape index (κ2) is 4.89. The van der Waals surface area contributed by atoms with Gasteiger partial charge in [-0.25, -0.2) is 0 Å². The molecule has 3 saturated heterocycles. The van der Waals surface area contributed by atoms with E-state index in [1.165, 1.54) is 11.3 Å². The zero-order valence-electron chi connectivity index (χ0n) is 12.1. The highest BCUT2D eigenvalue weighted by atomic mass is 32.1. The summed E-state index contributed by atoms with van der Waals surface area (Å²) in [6, 6.07) is 1.79. The van der Waals surface area contributed by atoms with Gasteiger partial charge in [-0.2, -0.15) is 5.01 Å². The molecule has 0 unspecified atom stereocenters. The molecule has 0 spiro atoms. The summed E-state index contributed by atoms with van der Waals surface area (Å²) in [5, 5.41) is 2.65. The predicted molar refractivity (Wildman–Crippen MR) is 77.9 cm³/mol. The standard InChI is InChI=1S/C15H16N2O4S/c1-2-8-5-7(6-22-8)13(18)16-17-14(19)11-9-3-4-10(21-9)12(11)15(17)20/h5-6,9-12H,2-4H2,1H3,(H,16,18)/t9-,10-,11-,12-/m1/s1. The third-order valence-electron chi connectivity index (χ3n) is 4.76. The molecule has 4 rings (SSSR count). The first-order valence-corrected chi connectivity index (χ1v) is 8.39. The molecule has 2 bridgehead atoms. The van der Waals surface area contributed by atoms with Gasteiger partial charge in [-0.15, -0.1) is 11.3 Å². The fraction of sp³-hybridized carbons (Fsp3) is 0.533. The molecular weight excluding hydrogens is 304 g/mol. The number of carbonyl (C=O) groups is 3. The lowest BCUT2D eigenvalue weighted by Gasteiger charge is -2.17. The smallest absolute Gasteiger partial charge is 0.271 e. The highest BCUT2D eigenvalue weighted by Gasteiger charge is 2.62. The van der Waals surface area contributed by atoms with Crippen LogP contribution < -0.4 is 5.43 Å². The minimum Gasteiger partial charge on any atom is -0.373 e. The highest BCUT2D eigenvalue weighted by molar-refractivity contribution is 7.10. The number of nitrogens with zero attached hydrogens (tertiary/aromatic N) is 1. The van der Waals surface area contributed by atoms with E-state index in [0.29, 0.717) is 5.56 Å². The minimum absolute atomic E-state index is 0.166. The number of hydrogen-bond donors (Lipinski definition) is 1. The Morgan fingerprint density at radius 1 is 1.32 bits per heavy atom. The fourth-order valence-corrected chi connectivity index (χ4v) is 4.49. The molecule has 4 heterocycles. The van der Waals surface area contributed by atoms with E-state index in [0.717, 1.165) is 29.1 Å². The highest BCUT2D eigenvalue weighted by Crippen LogP contribution is 2.48. The molecule has 1 N–H and O–H groups in total. The van der Waals surface area contributed by atoms with Crippen LogP contribution in [0.15, 0.2) is 11.4 Å². The van der Waals surface area contributed by atoms with Crippen molar-refractivity contribution in [1.82, 2.24) is 10.4 Å². The van der Waals surface area contributed by atoms with E-state index in [1.807, 2.05) is 6.92 Å².